The average Bonchev–Trinajstić information content (AvgIpc) is 2.65. The van der Waals surface area contributed by atoms with Crippen molar-refractivity contribution < 1.29 is 9.53 Å². The van der Waals surface area contributed by atoms with Gasteiger partial charge in [0, 0.05) is 24.0 Å². The topological polar surface area (TPSA) is 64.1 Å². The largest absolute Gasteiger partial charge is 0.437 e. The van der Waals surface area contributed by atoms with E-state index in [4.69, 9.17) is 16.3 Å². The van der Waals surface area contributed by atoms with Gasteiger partial charge in [0.2, 0.25) is 5.88 Å². The molecule has 0 unspecified atom stereocenters. The van der Waals surface area contributed by atoms with Gasteiger partial charge in [-0.1, -0.05) is 29.8 Å². The smallest absolute Gasteiger partial charge is 0.253 e. The fraction of sp³-hybridized carbons (Fsp3) is 0.150. The molecule has 2 aromatic heterocycles. The Morgan fingerprint density at radius 2 is 1.96 bits per heavy atom. The molecule has 1 N–H and O–H groups in total. The third-order valence-corrected chi connectivity index (χ3v) is 4.33. The number of pyridine rings is 2. The van der Waals surface area contributed by atoms with Crippen LogP contribution in [0, 0.1) is 13.8 Å². The number of amides is 1. The number of aryl methyl sites for hydroxylation is 2. The number of nitrogens with one attached hydrogen (secondary N) is 1. The Balaban J connectivity index is 1.73. The number of rotatable bonds is 5. The van der Waals surface area contributed by atoms with Gasteiger partial charge in [-0.3, -0.25) is 9.78 Å². The number of aromatic nitrogens is 2. The van der Waals surface area contributed by atoms with E-state index in [9.17, 15) is 4.79 Å². The molecule has 26 heavy (non-hydrogen) atoms. The Kier molecular flexibility index (Phi) is 5.49. The number of ether oxygens (including phenoxy) is 1. The van der Waals surface area contributed by atoms with Crippen molar-refractivity contribution in [2.24, 2.45) is 0 Å². The minimum Gasteiger partial charge on any atom is -0.437 e. The van der Waals surface area contributed by atoms with E-state index < -0.39 is 0 Å². The maximum absolute atomic E-state index is 12.4. The molecule has 0 saturated carbocycles. The molecule has 0 saturated heterocycles. The van der Waals surface area contributed by atoms with Crippen molar-refractivity contribution in [2.75, 3.05) is 0 Å². The molecule has 0 aliphatic carbocycles. The SMILES string of the molecule is Cc1ccc(Oc2ncccc2CNC(=O)c2cccc(C)c2Cl)cn1. The van der Waals surface area contributed by atoms with Gasteiger partial charge in [0.25, 0.3) is 5.91 Å². The molecular formula is C20H18ClN3O2. The molecule has 1 aromatic carbocycles. The van der Waals surface area contributed by atoms with Crippen LogP contribution in [0.5, 0.6) is 11.6 Å². The lowest BCUT2D eigenvalue weighted by molar-refractivity contribution is 0.0951. The van der Waals surface area contributed by atoms with Gasteiger partial charge in [0.15, 0.2) is 0 Å². The summed E-state index contributed by atoms with van der Waals surface area (Å²) in [6.07, 6.45) is 3.28. The summed E-state index contributed by atoms with van der Waals surface area (Å²) >= 11 is 6.22. The van der Waals surface area contributed by atoms with Crippen LogP contribution in [-0.2, 0) is 6.54 Å². The molecule has 0 aliphatic rings. The predicted octanol–water partition coefficient (Wildman–Crippen LogP) is 4.47. The minimum absolute atomic E-state index is 0.245. The third-order valence-electron chi connectivity index (χ3n) is 3.82. The van der Waals surface area contributed by atoms with Crippen LogP contribution in [-0.4, -0.2) is 15.9 Å². The highest BCUT2D eigenvalue weighted by molar-refractivity contribution is 6.34. The second-order valence-electron chi connectivity index (χ2n) is 5.82. The van der Waals surface area contributed by atoms with Gasteiger partial charge in [-0.15, -0.1) is 0 Å². The zero-order valence-corrected chi connectivity index (χ0v) is 15.2. The van der Waals surface area contributed by atoms with Gasteiger partial charge >= 0.3 is 0 Å². The third kappa shape index (κ3) is 4.18. The predicted molar refractivity (Wildman–Crippen MR) is 101 cm³/mol. The fourth-order valence-corrected chi connectivity index (χ4v) is 2.58. The van der Waals surface area contributed by atoms with Gasteiger partial charge in [0.1, 0.15) is 5.75 Å². The Hall–Kier alpha value is -2.92. The number of hydrogen-bond acceptors (Lipinski definition) is 4. The number of halogens is 1. The molecule has 0 bridgehead atoms. The number of hydrogen-bond donors (Lipinski definition) is 1. The van der Waals surface area contributed by atoms with Crippen LogP contribution in [0.1, 0.15) is 27.2 Å². The van der Waals surface area contributed by atoms with Crippen LogP contribution in [0.2, 0.25) is 5.02 Å². The first-order chi connectivity index (χ1) is 12.5. The van der Waals surface area contributed by atoms with Crippen molar-refractivity contribution >= 4 is 17.5 Å². The molecule has 0 atom stereocenters. The summed E-state index contributed by atoms with van der Waals surface area (Å²) in [4.78, 5) is 20.9. The van der Waals surface area contributed by atoms with E-state index >= 15 is 0 Å². The van der Waals surface area contributed by atoms with Gasteiger partial charge in [0.05, 0.1) is 16.8 Å². The maximum atomic E-state index is 12.4. The summed E-state index contributed by atoms with van der Waals surface area (Å²) in [5.41, 5.74) is 2.96. The normalized spacial score (nSPS) is 10.4. The van der Waals surface area contributed by atoms with Crippen molar-refractivity contribution in [1.82, 2.24) is 15.3 Å². The van der Waals surface area contributed by atoms with Crippen molar-refractivity contribution in [3.05, 3.63) is 82.3 Å². The Morgan fingerprint density at radius 3 is 2.73 bits per heavy atom. The van der Waals surface area contributed by atoms with E-state index in [-0.39, 0.29) is 12.5 Å². The molecule has 5 nitrogen and oxygen atoms in total. The summed E-state index contributed by atoms with van der Waals surface area (Å²) in [7, 11) is 0. The summed E-state index contributed by atoms with van der Waals surface area (Å²) in [5, 5.41) is 3.32. The molecule has 3 rings (SSSR count). The highest BCUT2D eigenvalue weighted by Gasteiger charge is 2.13. The van der Waals surface area contributed by atoms with Crippen LogP contribution in [0.3, 0.4) is 0 Å². The van der Waals surface area contributed by atoms with Gasteiger partial charge < -0.3 is 10.1 Å². The molecule has 2 heterocycles. The second kappa shape index (κ2) is 7.97. The molecule has 3 aromatic rings. The van der Waals surface area contributed by atoms with Gasteiger partial charge in [-0.05, 0) is 43.7 Å². The number of nitrogens with zero attached hydrogens (tertiary/aromatic N) is 2. The maximum Gasteiger partial charge on any atom is 0.253 e. The van der Waals surface area contributed by atoms with Gasteiger partial charge in [-0.2, -0.15) is 0 Å². The van der Waals surface area contributed by atoms with E-state index in [0.717, 1.165) is 16.8 Å². The summed E-state index contributed by atoms with van der Waals surface area (Å²) in [5.74, 6) is 0.767. The zero-order chi connectivity index (χ0) is 18.5. The molecular weight excluding hydrogens is 350 g/mol. The molecule has 6 heteroatoms. The Bertz CT molecular complexity index is 927. The van der Waals surface area contributed by atoms with Crippen molar-refractivity contribution in [2.45, 2.75) is 20.4 Å². The second-order valence-corrected chi connectivity index (χ2v) is 6.20. The lowest BCUT2D eigenvalue weighted by Crippen LogP contribution is -2.23. The Morgan fingerprint density at radius 1 is 1.12 bits per heavy atom. The monoisotopic (exact) mass is 367 g/mol. The molecule has 0 radical (unpaired) electrons. The number of carbonyl (C=O) groups is 1. The summed E-state index contributed by atoms with van der Waals surface area (Å²) < 4.78 is 5.79. The quantitative estimate of drug-likeness (QED) is 0.722. The number of carbonyl (C=O) groups excluding carboxylic acids is 1. The Labute approximate surface area is 157 Å². The first-order valence-electron chi connectivity index (χ1n) is 8.12. The van der Waals surface area contributed by atoms with Crippen molar-refractivity contribution in [1.29, 1.82) is 0 Å². The van der Waals surface area contributed by atoms with E-state index in [1.807, 2.05) is 38.1 Å². The first-order valence-corrected chi connectivity index (χ1v) is 8.50. The average molecular weight is 368 g/mol. The van der Waals surface area contributed by atoms with E-state index in [1.165, 1.54) is 0 Å². The molecule has 0 aliphatic heterocycles. The standard InChI is InChI=1S/C20H18ClN3O2/c1-13-5-3-7-17(18(13)21)19(25)24-11-15-6-4-10-22-20(15)26-16-9-8-14(2)23-12-16/h3-10,12H,11H2,1-2H3,(H,24,25). The van der Waals surface area contributed by atoms with Crippen LogP contribution >= 0.6 is 11.6 Å². The lowest BCUT2D eigenvalue weighted by Gasteiger charge is -2.11. The zero-order valence-electron chi connectivity index (χ0n) is 14.5. The van der Waals surface area contributed by atoms with Crippen LogP contribution in [0.15, 0.2) is 54.9 Å². The van der Waals surface area contributed by atoms with Crippen LogP contribution in [0.25, 0.3) is 0 Å². The van der Waals surface area contributed by atoms with Crippen LogP contribution < -0.4 is 10.1 Å². The van der Waals surface area contributed by atoms with Crippen molar-refractivity contribution in [3.63, 3.8) is 0 Å². The minimum atomic E-state index is -0.245. The van der Waals surface area contributed by atoms with Gasteiger partial charge in [-0.25, -0.2) is 4.98 Å². The molecule has 1 amide bonds. The molecule has 132 valence electrons. The van der Waals surface area contributed by atoms with Crippen molar-refractivity contribution in [3.8, 4) is 11.6 Å². The van der Waals surface area contributed by atoms with E-state index in [2.05, 4.69) is 15.3 Å². The highest BCUT2D eigenvalue weighted by Crippen LogP contribution is 2.23. The summed E-state index contributed by atoms with van der Waals surface area (Å²) in [6.45, 7) is 4.04. The van der Waals surface area contributed by atoms with E-state index in [0.29, 0.717) is 22.2 Å². The summed E-state index contributed by atoms with van der Waals surface area (Å²) in [6, 6.07) is 12.7. The molecule has 0 spiro atoms. The van der Waals surface area contributed by atoms with E-state index in [1.54, 1.807) is 30.6 Å². The number of benzene rings is 1. The fourth-order valence-electron chi connectivity index (χ4n) is 2.37. The highest BCUT2D eigenvalue weighted by atomic mass is 35.5. The lowest BCUT2D eigenvalue weighted by atomic mass is 10.1. The molecule has 0 fully saturated rings. The van der Waals surface area contributed by atoms with Crippen LogP contribution in [0.4, 0.5) is 0 Å². The first kappa shape index (κ1) is 17.9.